The lowest BCUT2D eigenvalue weighted by atomic mass is 9.96. The molecule has 0 aliphatic carbocycles. The third-order valence-corrected chi connectivity index (χ3v) is 10.4. The summed E-state index contributed by atoms with van der Waals surface area (Å²) < 4.78 is 108. The van der Waals surface area contributed by atoms with Gasteiger partial charge < -0.3 is 5.32 Å². The van der Waals surface area contributed by atoms with E-state index in [1.165, 1.54) is 72.9 Å². The molecule has 1 aromatic heterocycles. The molecule has 3 aromatic rings. The van der Waals surface area contributed by atoms with Gasteiger partial charge in [0.15, 0.2) is 20.6 Å². The lowest BCUT2D eigenvalue weighted by molar-refractivity contribution is -0.162. The molecule has 1 aliphatic heterocycles. The third-order valence-electron chi connectivity index (χ3n) is 7.51. The van der Waals surface area contributed by atoms with E-state index in [1.807, 2.05) is 0 Å². The van der Waals surface area contributed by atoms with Gasteiger partial charge in [-0.05, 0) is 61.2 Å². The second kappa shape index (κ2) is 13.8. The first-order valence-electron chi connectivity index (χ1n) is 14.4. The molecule has 0 saturated carbocycles. The summed E-state index contributed by atoms with van der Waals surface area (Å²) in [4.78, 5) is 30.1. The monoisotopic (exact) mass is 698 g/mol. The van der Waals surface area contributed by atoms with Crippen LogP contribution < -0.4 is 10.6 Å². The molecule has 3 atom stereocenters. The summed E-state index contributed by atoms with van der Waals surface area (Å²) in [7, 11) is -7.54. The molecule has 1 aliphatic rings. The predicted octanol–water partition coefficient (Wildman–Crippen LogP) is 4.00. The number of ketones is 1. The highest BCUT2D eigenvalue weighted by molar-refractivity contribution is 7.90. The number of halogens is 4. The molecule has 1 unspecified atom stereocenters. The number of nitrogens with one attached hydrogen (secondary N) is 2. The van der Waals surface area contributed by atoms with Crippen molar-refractivity contribution in [3.8, 4) is 11.1 Å². The fourth-order valence-corrected chi connectivity index (χ4v) is 7.10. The number of hydrogen-bond donors (Lipinski definition) is 2. The zero-order valence-electron chi connectivity index (χ0n) is 25.7. The smallest absolute Gasteiger partial charge is 0.345 e. The Bertz CT molecular complexity index is 1800. The van der Waals surface area contributed by atoms with Gasteiger partial charge in [0.1, 0.15) is 11.7 Å². The Morgan fingerprint density at radius 2 is 1.55 bits per heavy atom. The summed E-state index contributed by atoms with van der Waals surface area (Å²) in [6.07, 6.45) is -3.41. The molecule has 0 spiro atoms. The minimum atomic E-state index is -4.92. The second-order valence-electron chi connectivity index (χ2n) is 11.9. The summed E-state index contributed by atoms with van der Waals surface area (Å²) in [5, 5.41) is 4.37. The SMILES string of the molecule is CC(C)(F)C[C@H](N[C@@H](c1ccc(-c2ccc(S(C)(=O)=O)cc2)cc1)C(F)(F)F)C(=O)NC1CCN(S(=O)(=O)c2ccccn2)CC1=O. The van der Waals surface area contributed by atoms with E-state index >= 15 is 0 Å². The van der Waals surface area contributed by atoms with Gasteiger partial charge in [0, 0.05) is 25.4 Å². The van der Waals surface area contributed by atoms with Crippen LogP contribution in [0.4, 0.5) is 17.6 Å². The number of nitrogens with zero attached hydrogens (tertiary/aromatic N) is 2. The summed E-state index contributed by atoms with van der Waals surface area (Å²) in [5.41, 5.74) is -1.30. The lowest BCUT2D eigenvalue weighted by Crippen LogP contribution is -2.57. The first-order chi connectivity index (χ1) is 21.8. The quantitative estimate of drug-likeness (QED) is 0.287. The Labute approximate surface area is 270 Å². The number of benzene rings is 2. The van der Waals surface area contributed by atoms with E-state index in [0.717, 1.165) is 24.4 Å². The van der Waals surface area contributed by atoms with Crippen LogP contribution in [0.3, 0.4) is 0 Å². The Morgan fingerprint density at radius 3 is 2.04 bits per heavy atom. The zero-order valence-corrected chi connectivity index (χ0v) is 27.3. The highest BCUT2D eigenvalue weighted by Gasteiger charge is 2.44. The molecule has 10 nitrogen and oxygen atoms in total. The van der Waals surface area contributed by atoms with Crippen LogP contribution in [-0.2, 0) is 29.4 Å². The van der Waals surface area contributed by atoms with E-state index in [4.69, 9.17) is 0 Å². The van der Waals surface area contributed by atoms with E-state index in [-0.39, 0.29) is 28.5 Å². The van der Waals surface area contributed by atoms with Gasteiger partial charge in [-0.1, -0.05) is 42.5 Å². The van der Waals surface area contributed by atoms with Gasteiger partial charge in [-0.25, -0.2) is 26.2 Å². The Morgan fingerprint density at radius 1 is 0.957 bits per heavy atom. The average molecular weight is 699 g/mol. The number of amides is 1. The van der Waals surface area contributed by atoms with Crippen molar-refractivity contribution in [1.29, 1.82) is 0 Å². The number of piperidine rings is 1. The van der Waals surface area contributed by atoms with Gasteiger partial charge in [0.2, 0.25) is 5.91 Å². The fraction of sp³-hybridized carbons (Fsp3) is 0.387. The van der Waals surface area contributed by atoms with E-state index in [1.54, 1.807) is 0 Å². The standard InChI is InChI=1S/C31H34F4N4O6S2/c1-30(2,32)18-25(29(41)38-24-15-17-39(19-26(24)40)47(44,45)27-6-4-5-16-36-27)37-28(31(33,34)35)22-9-7-20(8-10-22)21-11-13-23(14-12-21)46(3,42)43/h4-14,16,24-25,28,37H,15,17-19H2,1-3H3,(H,38,41)/t24?,25-,28-/m0/s1. The van der Waals surface area contributed by atoms with Gasteiger partial charge in [-0.15, -0.1) is 0 Å². The van der Waals surface area contributed by atoms with Gasteiger partial charge >= 0.3 is 6.18 Å². The maximum Gasteiger partial charge on any atom is 0.407 e. The van der Waals surface area contributed by atoms with Crippen LogP contribution in [-0.4, -0.2) is 81.1 Å². The number of alkyl halides is 4. The van der Waals surface area contributed by atoms with Crippen LogP contribution in [0, 0.1) is 0 Å². The molecule has 16 heteroatoms. The Hall–Kier alpha value is -3.73. The maximum atomic E-state index is 14.8. The highest BCUT2D eigenvalue weighted by Crippen LogP contribution is 2.35. The van der Waals surface area contributed by atoms with E-state index in [9.17, 15) is 44.0 Å². The van der Waals surface area contributed by atoms with Gasteiger partial charge in [-0.2, -0.15) is 17.5 Å². The highest BCUT2D eigenvalue weighted by atomic mass is 32.2. The second-order valence-corrected chi connectivity index (χ2v) is 15.8. The number of Topliss-reactive ketones (excluding diaryl/α,β-unsaturated/α-hetero) is 1. The molecule has 254 valence electrons. The number of carbonyl (C=O) groups is 2. The minimum Gasteiger partial charge on any atom is -0.345 e. The molecule has 2 heterocycles. The van der Waals surface area contributed by atoms with E-state index in [2.05, 4.69) is 15.6 Å². The molecule has 1 fully saturated rings. The summed E-state index contributed by atoms with van der Waals surface area (Å²) >= 11 is 0. The Kier molecular flexibility index (Phi) is 10.6. The summed E-state index contributed by atoms with van der Waals surface area (Å²) in [6.45, 7) is 1.45. The van der Waals surface area contributed by atoms with Crippen molar-refractivity contribution in [2.45, 2.75) is 66.6 Å². The van der Waals surface area contributed by atoms with Gasteiger partial charge in [0.05, 0.1) is 23.5 Å². The molecule has 1 amide bonds. The van der Waals surface area contributed by atoms with Crippen LogP contribution in [0.15, 0.2) is 82.8 Å². The molecular formula is C31H34F4N4O6S2. The number of rotatable bonds is 11. The van der Waals surface area contributed by atoms with Crippen LogP contribution in [0.25, 0.3) is 11.1 Å². The number of sulfone groups is 1. The fourth-order valence-electron chi connectivity index (χ4n) is 5.12. The number of hydrogen-bond acceptors (Lipinski definition) is 8. The minimum absolute atomic E-state index is 0.0843. The van der Waals surface area contributed by atoms with Crippen LogP contribution in [0.2, 0.25) is 0 Å². The largest absolute Gasteiger partial charge is 0.407 e. The summed E-state index contributed by atoms with van der Waals surface area (Å²) in [5.74, 6) is -1.73. The van der Waals surface area contributed by atoms with E-state index in [0.29, 0.717) is 11.1 Å². The molecule has 47 heavy (non-hydrogen) atoms. The number of carbonyl (C=O) groups excluding carboxylic acids is 2. The van der Waals surface area contributed by atoms with Gasteiger partial charge in [-0.3, -0.25) is 14.9 Å². The van der Waals surface area contributed by atoms with Crippen molar-refractivity contribution >= 4 is 31.6 Å². The van der Waals surface area contributed by atoms with E-state index < -0.39 is 74.5 Å². The zero-order chi connectivity index (χ0) is 34.8. The molecule has 4 rings (SSSR count). The molecular weight excluding hydrogens is 664 g/mol. The molecule has 0 radical (unpaired) electrons. The third kappa shape index (κ3) is 9.21. The number of pyridine rings is 1. The molecule has 1 saturated heterocycles. The number of sulfonamides is 1. The topological polar surface area (TPSA) is 143 Å². The van der Waals surface area contributed by atoms with Crippen LogP contribution in [0.1, 0.15) is 38.3 Å². The van der Waals surface area contributed by atoms with Crippen LogP contribution in [0.5, 0.6) is 0 Å². The van der Waals surface area contributed by atoms with Crippen molar-refractivity contribution in [1.82, 2.24) is 19.9 Å². The van der Waals surface area contributed by atoms with Gasteiger partial charge in [0.25, 0.3) is 10.0 Å². The van der Waals surface area contributed by atoms with Crippen LogP contribution >= 0.6 is 0 Å². The van der Waals surface area contributed by atoms with Crippen molar-refractivity contribution in [3.63, 3.8) is 0 Å². The molecule has 2 aromatic carbocycles. The van der Waals surface area contributed by atoms with Crippen molar-refractivity contribution < 1.29 is 44.0 Å². The first kappa shape index (κ1) is 36.1. The maximum absolute atomic E-state index is 14.8. The van der Waals surface area contributed by atoms with Crippen molar-refractivity contribution in [2.75, 3.05) is 19.3 Å². The molecule has 0 bridgehead atoms. The normalized spacial score (nSPS) is 18.0. The first-order valence-corrected chi connectivity index (χ1v) is 17.8. The van der Waals surface area contributed by atoms with Crippen molar-refractivity contribution in [2.24, 2.45) is 0 Å². The lowest BCUT2D eigenvalue weighted by Gasteiger charge is -2.33. The summed E-state index contributed by atoms with van der Waals surface area (Å²) in [6, 6.07) is 9.95. The number of aromatic nitrogens is 1. The Balaban J connectivity index is 1.51. The average Bonchev–Trinajstić information content (AvgIpc) is 2.99. The van der Waals surface area contributed by atoms with Crippen molar-refractivity contribution in [3.05, 3.63) is 78.5 Å². The molecule has 2 N–H and O–H groups in total. The predicted molar refractivity (Wildman–Crippen MR) is 165 cm³/mol.